The van der Waals surface area contributed by atoms with E-state index >= 15 is 0 Å². The van der Waals surface area contributed by atoms with Crippen molar-refractivity contribution < 1.29 is 10.2 Å². The zero-order valence-corrected chi connectivity index (χ0v) is 17.0. The van der Waals surface area contributed by atoms with Crippen LogP contribution in [0, 0.1) is 0 Å². The van der Waals surface area contributed by atoms with Gasteiger partial charge in [0.2, 0.25) is 0 Å². The molecule has 0 saturated carbocycles. The predicted molar refractivity (Wildman–Crippen MR) is 114 cm³/mol. The Labute approximate surface area is 173 Å². The van der Waals surface area contributed by atoms with E-state index < -0.39 is 0 Å². The van der Waals surface area contributed by atoms with Gasteiger partial charge >= 0.3 is 0 Å². The van der Waals surface area contributed by atoms with E-state index in [0.717, 1.165) is 64.2 Å². The highest BCUT2D eigenvalue weighted by molar-refractivity contribution is 5.32. The highest BCUT2D eigenvalue weighted by Crippen LogP contribution is 2.39. The van der Waals surface area contributed by atoms with Gasteiger partial charge in [-0.25, -0.2) is 0 Å². The second-order valence-electron chi connectivity index (χ2n) is 9.16. The molecule has 2 unspecified atom stereocenters. The molecule has 0 aliphatic carbocycles. The number of aliphatic hydroxyl groups is 1. The lowest BCUT2D eigenvalue weighted by atomic mass is 9.83. The van der Waals surface area contributed by atoms with Crippen LogP contribution in [0.3, 0.4) is 0 Å². The van der Waals surface area contributed by atoms with Crippen LogP contribution in [0.2, 0.25) is 0 Å². The molecule has 3 saturated heterocycles. The van der Waals surface area contributed by atoms with Crippen molar-refractivity contribution in [3.05, 3.63) is 65.7 Å². The summed E-state index contributed by atoms with van der Waals surface area (Å²) in [7, 11) is 0. The van der Waals surface area contributed by atoms with Gasteiger partial charge in [0.15, 0.2) is 0 Å². The van der Waals surface area contributed by atoms with Gasteiger partial charge in [-0.05, 0) is 24.5 Å². The number of aromatic hydroxyl groups is 1. The molecular weight excluding hydrogens is 362 g/mol. The number of piperazine rings is 1. The van der Waals surface area contributed by atoms with Crippen LogP contribution in [0.15, 0.2) is 54.6 Å². The Bertz CT molecular complexity index is 837. The number of β-amino-alcohol motifs (C(OH)–C–C–N with tert-alkyl or cyclic N) is 1. The van der Waals surface area contributed by atoms with Crippen molar-refractivity contribution in [2.45, 2.75) is 37.1 Å². The zero-order valence-electron chi connectivity index (χ0n) is 17.0. The van der Waals surface area contributed by atoms with Gasteiger partial charge in [0, 0.05) is 57.4 Å². The second kappa shape index (κ2) is 7.73. The molecule has 3 aliphatic heterocycles. The van der Waals surface area contributed by atoms with E-state index in [1.807, 2.05) is 18.2 Å². The van der Waals surface area contributed by atoms with Crippen LogP contribution in [0.25, 0.3) is 0 Å². The molecule has 2 aromatic rings. The van der Waals surface area contributed by atoms with E-state index in [0.29, 0.717) is 11.8 Å². The summed E-state index contributed by atoms with van der Waals surface area (Å²) in [4.78, 5) is 7.64. The fourth-order valence-electron chi connectivity index (χ4n) is 5.68. The van der Waals surface area contributed by atoms with Gasteiger partial charge in [-0.3, -0.25) is 14.7 Å². The summed E-state index contributed by atoms with van der Waals surface area (Å²) in [6, 6.07) is 18.8. The van der Waals surface area contributed by atoms with E-state index in [1.165, 1.54) is 5.56 Å². The largest absolute Gasteiger partial charge is 0.508 e. The first kappa shape index (κ1) is 19.1. The third kappa shape index (κ3) is 3.80. The van der Waals surface area contributed by atoms with Crippen LogP contribution in [-0.2, 0) is 13.0 Å². The average Bonchev–Trinajstić information content (AvgIpc) is 3.08. The summed E-state index contributed by atoms with van der Waals surface area (Å²) < 4.78 is 0. The first-order chi connectivity index (χ1) is 14.1. The van der Waals surface area contributed by atoms with Crippen LogP contribution in [0.5, 0.6) is 5.75 Å². The molecule has 2 atom stereocenters. The van der Waals surface area contributed by atoms with E-state index in [2.05, 4.69) is 45.0 Å². The van der Waals surface area contributed by atoms with Crippen molar-refractivity contribution in [1.82, 2.24) is 14.7 Å². The van der Waals surface area contributed by atoms with E-state index in [-0.39, 0.29) is 11.6 Å². The van der Waals surface area contributed by atoms with Crippen LogP contribution in [0.4, 0.5) is 0 Å². The van der Waals surface area contributed by atoms with Gasteiger partial charge in [0.25, 0.3) is 0 Å². The highest BCUT2D eigenvalue weighted by atomic mass is 16.3. The molecule has 0 aromatic heterocycles. The van der Waals surface area contributed by atoms with Gasteiger partial charge in [0.1, 0.15) is 5.75 Å². The van der Waals surface area contributed by atoms with Gasteiger partial charge < -0.3 is 10.2 Å². The number of likely N-dealkylation sites (tertiary alicyclic amines) is 1. The summed E-state index contributed by atoms with van der Waals surface area (Å²) in [6.45, 7) is 6.82. The number of hydrogen-bond acceptors (Lipinski definition) is 5. The minimum Gasteiger partial charge on any atom is -0.508 e. The molecule has 2 aromatic carbocycles. The number of benzene rings is 2. The summed E-state index contributed by atoms with van der Waals surface area (Å²) in [5.74, 6) is 0.385. The molecule has 5 heteroatoms. The Morgan fingerprint density at radius 3 is 2.41 bits per heavy atom. The fourth-order valence-corrected chi connectivity index (χ4v) is 5.68. The number of aliphatic hydroxyl groups excluding tert-OH is 1. The Kier molecular flexibility index (Phi) is 5.08. The maximum Gasteiger partial charge on any atom is 0.120 e. The normalized spacial score (nSPS) is 27.1. The topological polar surface area (TPSA) is 50.2 Å². The van der Waals surface area contributed by atoms with Crippen LogP contribution in [0.1, 0.15) is 17.5 Å². The molecule has 154 valence electrons. The lowest BCUT2D eigenvalue weighted by molar-refractivity contribution is -0.116. The molecule has 5 rings (SSSR count). The fraction of sp³-hybridized carbons (Fsp3) is 0.500. The molecule has 29 heavy (non-hydrogen) atoms. The summed E-state index contributed by atoms with van der Waals surface area (Å²) in [5.41, 5.74) is 2.53. The van der Waals surface area contributed by atoms with Crippen LogP contribution >= 0.6 is 0 Å². The zero-order chi connectivity index (χ0) is 19.8. The lowest BCUT2D eigenvalue weighted by Gasteiger charge is -2.61. The molecule has 1 spiro atoms. The van der Waals surface area contributed by atoms with Crippen molar-refractivity contribution in [2.24, 2.45) is 0 Å². The number of hydrogen-bond donors (Lipinski definition) is 2. The molecule has 0 bridgehead atoms. The van der Waals surface area contributed by atoms with Crippen LogP contribution in [-0.4, -0.2) is 81.9 Å². The molecule has 0 amide bonds. The number of fused-ring (bicyclic) bond motifs is 2. The van der Waals surface area contributed by atoms with Gasteiger partial charge in [-0.1, -0.05) is 48.5 Å². The molecule has 5 nitrogen and oxygen atoms in total. The summed E-state index contributed by atoms with van der Waals surface area (Å²) >= 11 is 0. The summed E-state index contributed by atoms with van der Waals surface area (Å²) in [5, 5.41) is 20.4. The SMILES string of the molecule is Oc1ccccc1CN1CC2(CN(CCc3ccccc3)CC3CC(O)CN32)C1. The maximum absolute atomic E-state index is 10.3. The number of rotatable bonds is 5. The Balaban J connectivity index is 1.26. The van der Waals surface area contributed by atoms with Crippen molar-refractivity contribution in [2.75, 3.05) is 39.3 Å². The number of phenolic OH excluding ortho intramolecular Hbond substituents is 1. The Morgan fingerprint density at radius 2 is 1.62 bits per heavy atom. The van der Waals surface area contributed by atoms with Crippen molar-refractivity contribution in [3.8, 4) is 5.75 Å². The van der Waals surface area contributed by atoms with E-state index in [1.54, 1.807) is 6.07 Å². The Hall–Kier alpha value is -1.92. The number of nitrogens with zero attached hydrogens (tertiary/aromatic N) is 3. The first-order valence-corrected chi connectivity index (χ1v) is 10.8. The lowest BCUT2D eigenvalue weighted by Crippen LogP contribution is -2.77. The molecule has 3 fully saturated rings. The molecule has 3 aliphatic rings. The standard InChI is InChI=1S/C24H31N3O2/c28-22-12-21-14-25(11-10-19-6-2-1-3-7-19)16-24(27(21)15-22)17-26(18-24)13-20-8-4-5-9-23(20)29/h1-9,21-22,28-29H,10-18H2. The van der Waals surface area contributed by atoms with Gasteiger partial charge in [-0.15, -0.1) is 0 Å². The minimum absolute atomic E-state index is 0.140. The van der Waals surface area contributed by atoms with Gasteiger partial charge in [0.05, 0.1) is 11.6 Å². The molecular formula is C24H31N3O2. The number of phenols is 1. The molecule has 2 N–H and O–H groups in total. The molecule has 3 heterocycles. The third-order valence-corrected chi connectivity index (χ3v) is 6.97. The van der Waals surface area contributed by atoms with E-state index in [9.17, 15) is 10.2 Å². The van der Waals surface area contributed by atoms with Crippen molar-refractivity contribution in [3.63, 3.8) is 0 Å². The monoisotopic (exact) mass is 393 g/mol. The van der Waals surface area contributed by atoms with Crippen molar-refractivity contribution in [1.29, 1.82) is 0 Å². The minimum atomic E-state index is -0.196. The Morgan fingerprint density at radius 1 is 0.897 bits per heavy atom. The van der Waals surface area contributed by atoms with E-state index in [4.69, 9.17) is 0 Å². The predicted octanol–water partition coefficient (Wildman–Crippen LogP) is 1.94. The second-order valence-corrected chi connectivity index (χ2v) is 9.16. The molecule has 0 radical (unpaired) electrons. The maximum atomic E-state index is 10.3. The van der Waals surface area contributed by atoms with Crippen LogP contribution < -0.4 is 0 Å². The average molecular weight is 394 g/mol. The highest BCUT2D eigenvalue weighted by Gasteiger charge is 2.55. The quantitative estimate of drug-likeness (QED) is 0.813. The smallest absolute Gasteiger partial charge is 0.120 e. The first-order valence-electron chi connectivity index (χ1n) is 10.8. The third-order valence-electron chi connectivity index (χ3n) is 6.97. The van der Waals surface area contributed by atoms with Gasteiger partial charge in [-0.2, -0.15) is 0 Å². The van der Waals surface area contributed by atoms with Crippen molar-refractivity contribution >= 4 is 0 Å². The summed E-state index contributed by atoms with van der Waals surface area (Å²) in [6.07, 6.45) is 1.77. The number of para-hydroxylation sites is 1.